The number of pyridine rings is 1. The second kappa shape index (κ2) is 8.37. The molecular formula is C22H25FN6S. The molecule has 3 heterocycles. The summed E-state index contributed by atoms with van der Waals surface area (Å²) in [5.74, 6) is 0.786. The number of piperazine rings is 1. The van der Waals surface area contributed by atoms with Crippen LogP contribution in [0.2, 0.25) is 0 Å². The Morgan fingerprint density at radius 1 is 1.00 bits per heavy atom. The van der Waals surface area contributed by atoms with E-state index >= 15 is 0 Å². The minimum absolute atomic E-state index is 0.125. The molecule has 0 radical (unpaired) electrons. The van der Waals surface area contributed by atoms with Gasteiger partial charge in [-0.15, -0.1) is 0 Å². The van der Waals surface area contributed by atoms with Crippen molar-refractivity contribution in [2.24, 2.45) is 0 Å². The van der Waals surface area contributed by atoms with Gasteiger partial charge in [0.05, 0.1) is 6.67 Å². The zero-order chi connectivity index (χ0) is 20.5. The van der Waals surface area contributed by atoms with Crippen molar-refractivity contribution in [1.29, 1.82) is 0 Å². The number of aromatic nitrogens is 4. The van der Waals surface area contributed by atoms with E-state index in [0.29, 0.717) is 19.3 Å². The van der Waals surface area contributed by atoms with Crippen molar-refractivity contribution in [3.63, 3.8) is 0 Å². The third-order valence-corrected chi connectivity index (χ3v) is 6.26. The summed E-state index contributed by atoms with van der Waals surface area (Å²) in [6.45, 7) is 4.96. The van der Waals surface area contributed by atoms with Gasteiger partial charge in [0.1, 0.15) is 5.82 Å². The van der Waals surface area contributed by atoms with E-state index in [9.17, 15) is 4.39 Å². The largest absolute Gasteiger partial charge is 0.297 e. The first-order valence-corrected chi connectivity index (χ1v) is 10.9. The van der Waals surface area contributed by atoms with E-state index in [4.69, 9.17) is 17.3 Å². The molecule has 0 bridgehead atoms. The molecular weight excluding hydrogens is 399 g/mol. The smallest absolute Gasteiger partial charge is 0.199 e. The quantitative estimate of drug-likeness (QED) is 0.564. The van der Waals surface area contributed by atoms with Crippen molar-refractivity contribution in [2.45, 2.75) is 32.1 Å². The lowest BCUT2D eigenvalue weighted by molar-refractivity contribution is 0.0973. The third-order valence-electron chi connectivity index (χ3n) is 5.85. The summed E-state index contributed by atoms with van der Waals surface area (Å²) in [5, 5.41) is 4.86. The first kappa shape index (κ1) is 19.5. The Morgan fingerprint density at radius 3 is 2.47 bits per heavy atom. The summed E-state index contributed by atoms with van der Waals surface area (Å²) in [6, 6.07) is 11.5. The summed E-state index contributed by atoms with van der Waals surface area (Å²) < 4.78 is 18.9. The van der Waals surface area contributed by atoms with Crippen LogP contribution in [-0.2, 0) is 13.2 Å². The molecule has 30 heavy (non-hydrogen) atoms. The van der Waals surface area contributed by atoms with E-state index in [1.165, 1.54) is 6.07 Å². The second-order valence-corrected chi connectivity index (χ2v) is 8.44. The molecule has 0 unspecified atom stereocenters. The third kappa shape index (κ3) is 4.08. The van der Waals surface area contributed by atoms with Crippen LogP contribution >= 0.6 is 12.2 Å². The zero-order valence-corrected chi connectivity index (χ0v) is 17.6. The summed E-state index contributed by atoms with van der Waals surface area (Å²) in [5.41, 5.74) is 1.77. The summed E-state index contributed by atoms with van der Waals surface area (Å²) >= 11 is 5.79. The standard InChI is InChI=1S/C22H25FN6S/c23-20-6-2-1-4-18(20)15-26-10-12-27(13-11-26)16-28-22(30)29(19-7-8-19)21(25-28)17-5-3-9-24-14-17/h1-6,9,14,19H,7-8,10-13,15-16H2. The Hall–Kier alpha value is -2.42. The predicted molar refractivity (Wildman–Crippen MR) is 116 cm³/mol. The normalized spacial score (nSPS) is 18.0. The highest BCUT2D eigenvalue weighted by molar-refractivity contribution is 7.71. The highest BCUT2D eigenvalue weighted by Crippen LogP contribution is 2.38. The molecule has 3 aromatic rings. The van der Waals surface area contributed by atoms with Gasteiger partial charge < -0.3 is 0 Å². The lowest BCUT2D eigenvalue weighted by atomic mass is 10.2. The van der Waals surface area contributed by atoms with Gasteiger partial charge in [-0.05, 0) is 43.3 Å². The lowest BCUT2D eigenvalue weighted by Crippen LogP contribution is -2.46. The van der Waals surface area contributed by atoms with E-state index in [-0.39, 0.29) is 5.82 Å². The first-order valence-electron chi connectivity index (χ1n) is 10.5. The van der Waals surface area contributed by atoms with Crippen LogP contribution in [0, 0.1) is 10.6 Å². The molecule has 0 amide bonds. The van der Waals surface area contributed by atoms with Crippen LogP contribution in [0.4, 0.5) is 4.39 Å². The minimum atomic E-state index is -0.125. The number of benzene rings is 1. The van der Waals surface area contributed by atoms with Crippen LogP contribution < -0.4 is 0 Å². The summed E-state index contributed by atoms with van der Waals surface area (Å²) in [4.78, 5) is 8.92. The van der Waals surface area contributed by atoms with Crippen LogP contribution in [0.3, 0.4) is 0 Å². The van der Waals surface area contributed by atoms with Gasteiger partial charge in [0, 0.05) is 62.3 Å². The topological polar surface area (TPSA) is 42.1 Å². The molecule has 1 saturated heterocycles. The summed E-state index contributed by atoms with van der Waals surface area (Å²) in [7, 11) is 0. The first-order chi connectivity index (χ1) is 14.7. The van der Waals surface area contributed by atoms with E-state index < -0.39 is 0 Å². The Balaban J connectivity index is 1.27. The average Bonchev–Trinajstić information content (AvgIpc) is 3.56. The maximum absolute atomic E-state index is 13.9. The Labute approximate surface area is 180 Å². The Morgan fingerprint density at radius 2 is 1.77 bits per heavy atom. The van der Waals surface area contributed by atoms with Gasteiger partial charge in [0.15, 0.2) is 10.6 Å². The molecule has 2 aromatic heterocycles. The van der Waals surface area contributed by atoms with Crippen LogP contribution in [0.15, 0.2) is 48.8 Å². The molecule has 2 aliphatic rings. The fourth-order valence-corrected chi connectivity index (χ4v) is 4.35. The van der Waals surface area contributed by atoms with Gasteiger partial charge in [-0.1, -0.05) is 18.2 Å². The maximum Gasteiger partial charge on any atom is 0.199 e. The van der Waals surface area contributed by atoms with Gasteiger partial charge in [-0.3, -0.25) is 19.4 Å². The van der Waals surface area contributed by atoms with Crippen molar-refractivity contribution in [3.8, 4) is 11.4 Å². The highest BCUT2D eigenvalue weighted by Gasteiger charge is 2.29. The maximum atomic E-state index is 13.9. The fourth-order valence-electron chi connectivity index (χ4n) is 4.01. The molecule has 1 saturated carbocycles. The van der Waals surface area contributed by atoms with E-state index in [1.54, 1.807) is 12.3 Å². The van der Waals surface area contributed by atoms with Crippen molar-refractivity contribution in [2.75, 3.05) is 26.2 Å². The minimum Gasteiger partial charge on any atom is -0.297 e. The molecule has 1 aliphatic heterocycles. The molecule has 0 N–H and O–H groups in total. The van der Waals surface area contributed by atoms with Gasteiger partial charge in [-0.25, -0.2) is 9.07 Å². The number of nitrogens with zero attached hydrogens (tertiary/aromatic N) is 6. The number of hydrogen-bond donors (Lipinski definition) is 0. The molecule has 1 aromatic carbocycles. The number of halogens is 1. The molecule has 0 atom stereocenters. The van der Waals surface area contributed by atoms with Crippen molar-refractivity contribution >= 4 is 12.2 Å². The van der Waals surface area contributed by atoms with Gasteiger partial charge in [0.25, 0.3) is 0 Å². The van der Waals surface area contributed by atoms with Crippen molar-refractivity contribution in [1.82, 2.24) is 29.1 Å². The van der Waals surface area contributed by atoms with Crippen molar-refractivity contribution in [3.05, 3.63) is 64.9 Å². The van der Waals surface area contributed by atoms with Crippen molar-refractivity contribution < 1.29 is 4.39 Å². The number of rotatable bonds is 6. The zero-order valence-electron chi connectivity index (χ0n) is 16.8. The lowest BCUT2D eigenvalue weighted by Gasteiger charge is -2.34. The fraction of sp³-hybridized carbons (Fsp3) is 0.409. The Kier molecular flexibility index (Phi) is 5.45. The highest BCUT2D eigenvalue weighted by atomic mass is 32.1. The predicted octanol–water partition coefficient (Wildman–Crippen LogP) is 3.73. The van der Waals surface area contributed by atoms with Gasteiger partial charge >= 0.3 is 0 Å². The molecule has 2 fully saturated rings. The van der Waals surface area contributed by atoms with Gasteiger partial charge in [-0.2, -0.15) is 5.10 Å². The molecule has 8 heteroatoms. The summed E-state index contributed by atoms with van der Waals surface area (Å²) in [6.07, 6.45) is 5.93. The Bertz CT molecular complexity index is 1070. The number of hydrogen-bond acceptors (Lipinski definition) is 5. The molecule has 1 aliphatic carbocycles. The molecule has 5 rings (SSSR count). The SMILES string of the molecule is Fc1ccccc1CN1CCN(Cn2nc(-c3cccnc3)n(C3CC3)c2=S)CC1. The molecule has 156 valence electrons. The van der Waals surface area contributed by atoms with Crippen LogP contribution in [0.5, 0.6) is 0 Å². The monoisotopic (exact) mass is 424 g/mol. The van der Waals surface area contributed by atoms with Crippen LogP contribution in [0.1, 0.15) is 24.4 Å². The van der Waals surface area contributed by atoms with E-state index in [0.717, 1.165) is 60.7 Å². The van der Waals surface area contributed by atoms with Crippen LogP contribution in [-0.4, -0.2) is 55.3 Å². The van der Waals surface area contributed by atoms with Gasteiger partial charge in [0.2, 0.25) is 0 Å². The molecule has 0 spiro atoms. The van der Waals surface area contributed by atoms with Crippen LogP contribution in [0.25, 0.3) is 11.4 Å². The van der Waals surface area contributed by atoms with E-state index in [2.05, 4.69) is 19.4 Å². The average molecular weight is 425 g/mol. The second-order valence-electron chi connectivity index (χ2n) is 8.08. The van der Waals surface area contributed by atoms with E-state index in [1.807, 2.05) is 35.1 Å². The molecule has 6 nitrogen and oxygen atoms in total.